The van der Waals surface area contributed by atoms with Crippen molar-refractivity contribution in [1.29, 1.82) is 0 Å². The van der Waals surface area contributed by atoms with Crippen molar-refractivity contribution in [3.63, 3.8) is 0 Å². The van der Waals surface area contributed by atoms with Crippen LogP contribution in [0.25, 0.3) is 66.1 Å². The van der Waals surface area contributed by atoms with Gasteiger partial charge < -0.3 is 9.64 Å². The van der Waals surface area contributed by atoms with Crippen LogP contribution in [-0.4, -0.2) is 0 Å². The second-order valence-corrected chi connectivity index (χ2v) is 13.3. The summed E-state index contributed by atoms with van der Waals surface area (Å²) in [5, 5.41) is 4.84. The van der Waals surface area contributed by atoms with E-state index in [4.69, 9.17) is 4.74 Å². The zero-order valence-corrected chi connectivity index (χ0v) is 28.4. The topological polar surface area (TPSA) is 12.5 Å². The van der Waals surface area contributed by atoms with Crippen molar-refractivity contribution in [1.82, 2.24) is 0 Å². The molecule has 0 saturated heterocycles. The number of ether oxygens (including phenoxy) is 1. The van der Waals surface area contributed by atoms with Crippen molar-refractivity contribution in [2.24, 2.45) is 0 Å². The molecule has 2 heteroatoms. The second kappa shape index (κ2) is 12.5. The summed E-state index contributed by atoms with van der Waals surface area (Å²) in [7, 11) is 0. The van der Waals surface area contributed by atoms with Gasteiger partial charge in [0.05, 0.1) is 5.69 Å². The first-order valence-electron chi connectivity index (χ1n) is 17.8. The quantitative estimate of drug-likeness (QED) is 0.176. The molecule has 9 aromatic rings. The van der Waals surface area contributed by atoms with Crippen LogP contribution in [-0.2, 0) is 0 Å². The van der Waals surface area contributed by atoms with Crippen LogP contribution in [0.4, 0.5) is 17.1 Å². The first-order valence-corrected chi connectivity index (χ1v) is 17.8. The number of anilines is 3. The molecule has 2 nitrogen and oxygen atoms in total. The van der Waals surface area contributed by atoms with Gasteiger partial charge in [0.1, 0.15) is 11.5 Å². The van der Waals surface area contributed by atoms with E-state index in [1.54, 1.807) is 0 Å². The number of nitrogens with zero attached hydrogens (tertiary/aromatic N) is 1. The zero-order chi connectivity index (χ0) is 34.4. The van der Waals surface area contributed by atoms with Crippen LogP contribution in [0.3, 0.4) is 0 Å². The van der Waals surface area contributed by atoms with Crippen molar-refractivity contribution in [3.05, 3.63) is 200 Å². The predicted octanol–water partition coefficient (Wildman–Crippen LogP) is 14.2. The molecule has 10 rings (SSSR count). The van der Waals surface area contributed by atoms with Crippen LogP contribution in [0, 0.1) is 0 Å². The molecule has 0 N–H and O–H groups in total. The molecule has 0 saturated carbocycles. The molecular formula is C50H33NO. The monoisotopic (exact) mass is 663 g/mol. The number of benzene rings is 9. The summed E-state index contributed by atoms with van der Waals surface area (Å²) in [5.41, 5.74) is 12.6. The lowest BCUT2D eigenvalue weighted by atomic mass is 9.91. The third kappa shape index (κ3) is 5.21. The minimum Gasteiger partial charge on any atom is -0.456 e. The Morgan fingerprint density at radius 1 is 0.308 bits per heavy atom. The third-order valence-corrected chi connectivity index (χ3v) is 10.3. The number of para-hydroxylation sites is 1. The molecule has 0 fully saturated rings. The fourth-order valence-electron chi connectivity index (χ4n) is 7.68. The summed E-state index contributed by atoms with van der Waals surface area (Å²) in [6.45, 7) is 0. The lowest BCUT2D eigenvalue weighted by molar-refractivity contribution is 0.487. The number of fused-ring (bicyclic) bond motifs is 3. The first kappa shape index (κ1) is 30.0. The summed E-state index contributed by atoms with van der Waals surface area (Å²) < 4.78 is 6.47. The second-order valence-electron chi connectivity index (χ2n) is 13.3. The van der Waals surface area contributed by atoms with Crippen LogP contribution in [0.1, 0.15) is 0 Å². The van der Waals surface area contributed by atoms with Gasteiger partial charge >= 0.3 is 0 Å². The Morgan fingerprint density at radius 2 is 0.885 bits per heavy atom. The highest BCUT2D eigenvalue weighted by Gasteiger charge is 2.22. The Kier molecular flexibility index (Phi) is 7.18. The van der Waals surface area contributed by atoms with Crippen molar-refractivity contribution < 1.29 is 4.74 Å². The van der Waals surface area contributed by atoms with Crippen LogP contribution in [0.2, 0.25) is 0 Å². The third-order valence-electron chi connectivity index (χ3n) is 10.3. The molecule has 0 unspecified atom stereocenters. The average Bonchev–Trinajstić information content (AvgIpc) is 3.22. The predicted molar refractivity (Wildman–Crippen MR) is 218 cm³/mol. The summed E-state index contributed by atoms with van der Waals surface area (Å²) in [6.07, 6.45) is 0. The van der Waals surface area contributed by atoms with E-state index in [-0.39, 0.29) is 0 Å². The maximum atomic E-state index is 6.47. The van der Waals surface area contributed by atoms with Gasteiger partial charge in [-0.15, -0.1) is 0 Å². The van der Waals surface area contributed by atoms with E-state index in [9.17, 15) is 0 Å². The molecular weight excluding hydrogens is 631 g/mol. The van der Waals surface area contributed by atoms with Gasteiger partial charge in [0, 0.05) is 27.9 Å². The highest BCUT2D eigenvalue weighted by molar-refractivity contribution is 6.05. The molecule has 1 aliphatic heterocycles. The average molecular weight is 664 g/mol. The molecule has 0 spiro atoms. The number of hydrogen-bond donors (Lipinski definition) is 0. The Labute approximate surface area is 303 Å². The van der Waals surface area contributed by atoms with E-state index in [0.717, 1.165) is 50.6 Å². The lowest BCUT2D eigenvalue weighted by Gasteiger charge is -2.29. The Balaban J connectivity index is 1.10. The highest BCUT2D eigenvalue weighted by atomic mass is 16.5. The lowest BCUT2D eigenvalue weighted by Crippen LogP contribution is -2.11. The van der Waals surface area contributed by atoms with E-state index in [0.29, 0.717) is 0 Å². The minimum atomic E-state index is 0.880. The SMILES string of the molecule is c1ccc(-c2ccc(N(c3ccc(-c4ccc5ccccc5c4)cc3)c3ccccc3-c3ccc4c(c3)-c3cccc5cccc(c35)O4)cc2)cc1. The van der Waals surface area contributed by atoms with Gasteiger partial charge in [0.25, 0.3) is 0 Å². The standard InChI is InChI=1S/C50H33NO/c1-2-10-34(11-3-1)36-22-27-42(28-23-36)51(43-29-24-37(25-30-43)40-21-20-35-12-4-5-13-39(35)32-40)47-18-7-6-16-44(47)41-26-31-48-46(33-41)45-17-8-14-38-15-9-19-49(52-48)50(38)45/h1-33H. The van der Waals surface area contributed by atoms with Crippen molar-refractivity contribution >= 4 is 38.6 Å². The van der Waals surface area contributed by atoms with Crippen molar-refractivity contribution in [3.8, 4) is 56.0 Å². The van der Waals surface area contributed by atoms with E-state index in [2.05, 4.69) is 205 Å². The normalized spacial score (nSPS) is 11.6. The molecule has 1 aliphatic rings. The van der Waals surface area contributed by atoms with Gasteiger partial charge in [-0.3, -0.25) is 0 Å². The number of hydrogen-bond acceptors (Lipinski definition) is 2. The summed E-state index contributed by atoms with van der Waals surface area (Å²) in [5.74, 6) is 1.79. The van der Waals surface area contributed by atoms with Gasteiger partial charge in [0.2, 0.25) is 0 Å². The Morgan fingerprint density at radius 3 is 1.67 bits per heavy atom. The summed E-state index contributed by atoms with van der Waals surface area (Å²) in [4.78, 5) is 2.38. The Bertz CT molecular complexity index is 2740. The van der Waals surface area contributed by atoms with Gasteiger partial charge in [0.15, 0.2) is 0 Å². The smallest absolute Gasteiger partial charge is 0.135 e. The van der Waals surface area contributed by atoms with Crippen LogP contribution < -0.4 is 9.64 Å². The highest BCUT2D eigenvalue weighted by Crippen LogP contribution is 2.49. The molecule has 0 aromatic heterocycles. The van der Waals surface area contributed by atoms with Gasteiger partial charge in [-0.25, -0.2) is 0 Å². The van der Waals surface area contributed by atoms with E-state index >= 15 is 0 Å². The van der Waals surface area contributed by atoms with Crippen LogP contribution in [0.15, 0.2) is 200 Å². The van der Waals surface area contributed by atoms with E-state index in [1.165, 1.54) is 44.0 Å². The van der Waals surface area contributed by atoms with E-state index < -0.39 is 0 Å². The molecule has 52 heavy (non-hydrogen) atoms. The molecule has 0 aliphatic carbocycles. The maximum absolute atomic E-state index is 6.47. The van der Waals surface area contributed by atoms with E-state index in [1.807, 2.05) is 0 Å². The number of rotatable bonds is 6. The molecule has 0 atom stereocenters. The molecule has 9 aromatic carbocycles. The minimum absolute atomic E-state index is 0.880. The molecule has 244 valence electrons. The molecule has 0 amide bonds. The summed E-state index contributed by atoms with van der Waals surface area (Å²) >= 11 is 0. The Hall–Kier alpha value is -6.90. The fourth-order valence-corrected chi connectivity index (χ4v) is 7.68. The fraction of sp³-hybridized carbons (Fsp3) is 0. The van der Waals surface area contributed by atoms with Gasteiger partial charge in [-0.05, 0) is 104 Å². The van der Waals surface area contributed by atoms with Gasteiger partial charge in [-0.2, -0.15) is 0 Å². The van der Waals surface area contributed by atoms with Crippen molar-refractivity contribution in [2.45, 2.75) is 0 Å². The van der Waals surface area contributed by atoms with Gasteiger partial charge in [-0.1, -0.05) is 146 Å². The van der Waals surface area contributed by atoms with Crippen molar-refractivity contribution in [2.75, 3.05) is 4.90 Å². The maximum Gasteiger partial charge on any atom is 0.135 e. The first-order chi connectivity index (χ1) is 25.8. The molecule has 1 heterocycles. The largest absolute Gasteiger partial charge is 0.456 e. The molecule has 0 bridgehead atoms. The summed E-state index contributed by atoms with van der Waals surface area (Å²) in [6, 6.07) is 71.7. The molecule has 0 radical (unpaired) electrons. The van der Waals surface area contributed by atoms with Crippen LogP contribution in [0.5, 0.6) is 11.5 Å². The zero-order valence-electron chi connectivity index (χ0n) is 28.4. The van der Waals surface area contributed by atoms with Crippen LogP contribution >= 0.6 is 0 Å².